The largest absolute Gasteiger partial charge is 0.490 e. The number of hydrogen-bond donors (Lipinski definition) is 2. The molecule has 0 aliphatic carbocycles. The van der Waals surface area contributed by atoms with Gasteiger partial charge in [-0.05, 0) is 50.4 Å². The molecule has 2 rings (SSSR count). The zero-order valence-electron chi connectivity index (χ0n) is 10.2. The molecule has 0 saturated heterocycles. The van der Waals surface area contributed by atoms with Gasteiger partial charge in [0.15, 0.2) is 0 Å². The van der Waals surface area contributed by atoms with E-state index in [0.29, 0.717) is 6.10 Å². The zero-order chi connectivity index (χ0) is 11.9. The number of nitrogens with one attached hydrogen (secondary N) is 1. The second-order valence-electron chi connectivity index (χ2n) is 4.50. The lowest BCUT2D eigenvalue weighted by atomic mass is 10.0. The first-order valence-corrected chi connectivity index (χ1v) is 6.46. The number of benzene rings is 1. The first kappa shape index (κ1) is 12.4. The van der Waals surface area contributed by atoms with Crippen molar-refractivity contribution < 1.29 is 9.84 Å². The lowest BCUT2D eigenvalue weighted by Gasteiger charge is -2.26. The molecule has 1 aliphatic heterocycles. The van der Waals surface area contributed by atoms with Crippen molar-refractivity contribution in [3.8, 4) is 5.75 Å². The summed E-state index contributed by atoms with van der Waals surface area (Å²) in [6.07, 6.45) is 4.44. The molecule has 0 radical (unpaired) electrons. The molecule has 0 bridgehead atoms. The Balaban J connectivity index is 1.71. The number of para-hydroxylation sites is 1. The van der Waals surface area contributed by atoms with Crippen molar-refractivity contribution in [1.82, 2.24) is 5.32 Å². The summed E-state index contributed by atoms with van der Waals surface area (Å²) in [5.74, 6) is 1.05. The SMILES string of the molecule is OCCCNCCC1CCc2ccccc2O1. The van der Waals surface area contributed by atoms with Crippen molar-refractivity contribution in [1.29, 1.82) is 0 Å². The molecule has 17 heavy (non-hydrogen) atoms. The molecular weight excluding hydrogens is 214 g/mol. The fraction of sp³-hybridized carbons (Fsp3) is 0.571. The van der Waals surface area contributed by atoms with Gasteiger partial charge < -0.3 is 15.2 Å². The zero-order valence-corrected chi connectivity index (χ0v) is 10.2. The quantitative estimate of drug-likeness (QED) is 0.738. The molecule has 0 spiro atoms. The second kappa shape index (κ2) is 6.62. The molecule has 1 unspecified atom stereocenters. The number of fused-ring (bicyclic) bond motifs is 1. The molecule has 1 heterocycles. The third-order valence-electron chi connectivity index (χ3n) is 3.16. The van der Waals surface area contributed by atoms with Gasteiger partial charge in [-0.15, -0.1) is 0 Å². The topological polar surface area (TPSA) is 41.5 Å². The van der Waals surface area contributed by atoms with Gasteiger partial charge in [0, 0.05) is 6.61 Å². The molecule has 3 nitrogen and oxygen atoms in total. The Labute approximate surface area is 103 Å². The molecule has 1 aliphatic rings. The first-order valence-electron chi connectivity index (χ1n) is 6.46. The van der Waals surface area contributed by atoms with Crippen LogP contribution in [0.15, 0.2) is 24.3 Å². The standard InChI is InChI=1S/C14H21NO2/c16-11-3-9-15-10-8-13-7-6-12-4-1-2-5-14(12)17-13/h1-2,4-5,13,15-16H,3,6-11H2. The highest BCUT2D eigenvalue weighted by Gasteiger charge is 2.18. The number of hydrogen-bond acceptors (Lipinski definition) is 3. The Morgan fingerprint density at radius 3 is 3.06 bits per heavy atom. The van der Waals surface area contributed by atoms with E-state index in [1.807, 2.05) is 6.07 Å². The summed E-state index contributed by atoms with van der Waals surface area (Å²) >= 11 is 0. The van der Waals surface area contributed by atoms with Gasteiger partial charge >= 0.3 is 0 Å². The van der Waals surface area contributed by atoms with Crippen LogP contribution in [0.2, 0.25) is 0 Å². The van der Waals surface area contributed by atoms with Gasteiger partial charge in [-0.25, -0.2) is 0 Å². The summed E-state index contributed by atoms with van der Waals surface area (Å²) < 4.78 is 5.95. The van der Waals surface area contributed by atoms with Crippen LogP contribution in [0.5, 0.6) is 5.75 Å². The van der Waals surface area contributed by atoms with Crippen LogP contribution in [0.25, 0.3) is 0 Å². The maximum absolute atomic E-state index is 8.66. The van der Waals surface area contributed by atoms with Crippen LogP contribution in [0.4, 0.5) is 0 Å². The van der Waals surface area contributed by atoms with Gasteiger partial charge in [0.1, 0.15) is 11.9 Å². The molecule has 0 saturated carbocycles. The van der Waals surface area contributed by atoms with Crippen molar-refractivity contribution in [2.45, 2.75) is 31.8 Å². The summed E-state index contributed by atoms with van der Waals surface area (Å²) in [7, 11) is 0. The molecule has 0 aromatic heterocycles. The molecule has 2 N–H and O–H groups in total. The van der Waals surface area contributed by atoms with Gasteiger partial charge in [-0.1, -0.05) is 18.2 Å². The summed E-state index contributed by atoms with van der Waals surface area (Å²) in [5.41, 5.74) is 1.33. The van der Waals surface area contributed by atoms with Crippen LogP contribution in [0, 0.1) is 0 Å². The van der Waals surface area contributed by atoms with Gasteiger partial charge in [-0.2, -0.15) is 0 Å². The van der Waals surface area contributed by atoms with E-state index in [0.717, 1.165) is 44.5 Å². The van der Waals surface area contributed by atoms with Crippen molar-refractivity contribution in [2.24, 2.45) is 0 Å². The molecule has 1 aromatic carbocycles. The molecule has 0 fully saturated rings. The van der Waals surface area contributed by atoms with E-state index >= 15 is 0 Å². The van der Waals surface area contributed by atoms with Gasteiger partial charge in [0.05, 0.1) is 0 Å². The van der Waals surface area contributed by atoms with Crippen molar-refractivity contribution in [3.05, 3.63) is 29.8 Å². The van der Waals surface area contributed by atoms with E-state index in [2.05, 4.69) is 23.5 Å². The van der Waals surface area contributed by atoms with Crippen LogP contribution in [-0.2, 0) is 6.42 Å². The van der Waals surface area contributed by atoms with Gasteiger partial charge in [0.2, 0.25) is 0 Å². The van der Waals surface area contributed by atoms with E-state index in [1.165, 1.54) is 5.56 Å². The van der Waals surface area contributed by atoms with Crippen molar-refractivity contribution in [2.75, 3.05) is 19.7 Å². The monoisotopic (exact) mass is 235 g/mol. The van der Waals surface area contributed by atoms with Crippen LogP contribution >= 0.6 is 0 Å². The number of aliphatic hydroxyl groups is 1. The third-order valence-corrected chi connectivity index (χ3v) is 3.16. The molecule has 1 atom stereocenters. The maximum atomic E-state index is 8.66. The number of ether oxygens (including phenoxy) is 1. The molecule has 94 valence electrons. The minimum absolute atomic E-state index is 0.264. The summed E-state index contributed by atoms with van der Waals surface area (Å²) in [4.78, 5) is 0. The summed E-state index contributed by atoms with van der Waals surface area (Å²) in [6, 6.07) is 8.30. The number of rotatable bonds is 6. The second-order valence-corrected chi connectivity index (χ2v) is 4.50. The minimum Gasteiger partial charge on any atom is -0.490 e. The summed E-state index contributed by atoms with van der Waals surface area (Å²) in [5, 5.41) is 12.0. The Hall–Kier alpha value is -1.06. The Kier molecular flexibility index (Phi) is 4.83. The maximum Gasteiger partial charge on any atom is 0.122 e. The fourth-order valence-corrected chi connectivity index (χ4v) is 2.18. The van der Waals surface area contributed by atoms with E-state index in [4.69, 9.17) is 9.84 Å². The lowest BCUT2D eigenvalue weighted by Crippen LogP contribution is -2.28. The van der Waals surface area contributed by atoms with Gasteiger partial charge in [-0.3, -0.25) is 0 Å². The first-order chi connectivity index (χ1) is 8.40. The van der Waals surface area contributed by atoms with E-state index in [-0.39, 0.29) is 6.61 Å². The minimum atomic E-state index is 0.264. The highest BCUT2D eigenvalue weighted by Crippen LogP contribution is 2.27. The normalized spacial score (nSPS) is 18.5. The van der Waals surface area contributed by atoms with E-state index < -0.39 is 0 Å². The average Bonchev–Trinajstić information content (AvgIpc) is 2.38. The molecule has 0 amide bonds. The molecule has 3 heteroatoms. The van der Waals surface area contributed by atoms with Crippen LogP contribution < -0.4 is 10.1 Å². The predicted molar refractivity (Wildman–Crippen MR) is 68.4 cm³/mol. The van der Waals surface area contributed by atoms with Crippen molar-refractivity contribution >= 4 is 0 Å². The number of aliphatic hydroxyl groups excluding tert-OH is 1. The Bertz CT molecular complexity index is 341. The third kappa shape index (κ3) is 3.72. The van der Waals surface area contributed by atoms with Crippen LogP contribution in [0.1, 0.15) is 24.8 Å². The average molecular weight is 235 g/mol. The highest BCUT2D eigenvalue weighted by molar-refractivity contribution is 5.35. The predicted octanol–water partition coefficient (Wildman–Crippen LogP) is 1.74. The van der Waals surface area contributed by atoms with Crippen molar-refractivity contribution in [3.63, 3.8) is 0 Å². The Morgan fingerprint density at radius 1 is 1.29 bits per heavy atom. The molecule has 1 aromatic rings. The molecular formula is C14H21NO2. The Morgan fingerprint density at radius 2 is 2.18 bits per heavy atom. The summed E-state index contributed by atoms with van der Waals surface area (Å²) in [6.45, 7) is 2.12. The smallest absolute Gasteiger partial charge is 0.122 e. The fourth-order valence-electron chi connectivity index (χ4n) is 2.18. The van der Waals surface area contributed by atoms with Crippen LogP contribution in [0.3, 0.4) is 0 Å². The highest BCUT2D eigenvalue weighted by atomic mass is 16.5. The van der Waals surface area contributed by atoms with Gasteiger partial charge in [0.25, 0.3) is 0 Å². The number of aryl methyl sites for hydroxylation is 1. The van der Waals surface area contributed by atoms with Crippen LogP contribution in [-0.4, -0.2) is 30.9 Å². The van der Waals surface area contributed by atoms with E-state index in [1.54, 1.807) is 0 Å². The van der Waals surface area contributed by atoms with E-state index in [9.17, 15) is 0 Å². The lowest BCUT2D eigenvalue weighted by molar-refractivity contribution is 0.163.